The molecule has 0 fully saturated rings. The highest BCUT2D eigenvalue weighted by Crippen LogP contribution is 2.31. The van der Waals surface area contributed by atoms with Crippen molar-refractivity contribution < 1.29 is 26.8 Å². The molecule has 8 heteroatoms. The van der Waals surface area contributed by atoms with Crippen LogP contribution in [0.25, 0.3) is 0 Å². The van der Waals surface area contributed by atoms with Gasteiger partial charge in [-0.05, 0) is 24.6 Å². The third-order valence-corrected chi connectivity index (χ3v) is 3.71. The van der Waals surface area contributed by atoms with Crippen LogP contribution in [-0.2, 0) is 19.2 Å². The first-order valence-corrected chi connectivity index (χ1v) is 8.69. The van der Waals surface area contributed by atoms with Gasteiger partial charge in [0.15, 0.2) is 0 Å². The lowest BCUT2D eigenvalue weighted by molar-refractivity contribution is 0.0767. The molecule has 0 radical (unpaired) electrons. The van der Waals surface area contributed by atoms with Crippen LogP contribution in [0.3, 0.4) is 0 Å². The molecule has 7 nitrogen and oxygen atoms in total. The lowest BCUT2D eigenvalue weighted by atomic mass is 9.97. The molecule has 2 atom stereocenters. The highest BCUT2D eigenvalue weighted by atomic mass is 32.2. The summed E-state index contributed by atoms with van der Waals surface area (Å²) in [4.78, 5) is 0. The standard InChI is InChI=1S/C16H23NO6S/c1-12(7-5-6-8-23-24(17,18)19)16(22-4)13-9-14(20-2)11-15(10-13)21-3/h9-12,16H,6,8H2,1-4H3,(H2,17,18,19)/t12-,16+/m0/s1. The van der Waals surface area contributed by atoms with Crippen LogP contribution in [0.15, 0.2) is 18.2 Å². The van der Waals surface area contributed by atoms with Gasteiger partial charge < -0.3 is 14.2 Å². The molecule has 1 aromatic carbocycles. The summed E-state index contributed by atoms with van der Waals surface area (Å²) in [5.74, 6) is 7.07. The van der Waals surface area contributed by atoms with Crippen LogP contribution in [0.1, 0.15) is 25.0 Å². The Morgan fingerprint density at radius 3 is 2.17 bits per heavy atom. The molecular formula is C16H23NO6S. The zero-order chi connectivity index (χ0) is 18.2. The van der Waals surface area contributed by atoms with E-state index in [4.69, 9.17) is 19.3 Å². The summed E-state index contributed by atoms with van der Waals surface area (Å²) in [6.45, 7) is 1.83. The van der Waals surface area contributed by atoms with Crippen molar-refractivity contribution in [1.82, 2.24) is 0 Å². The molecule has 0 bridgehead atoms. The summed E-state index contributed by atoms with van der Waals surface area (Å²) in [6.07, 6.45) is -0.0424. The fourth-order valence-electron chi connectivity index (χ4n) is 2.14. The van der Waals surface area contributed by atoms with Gasteiger partial charge in [-0.15, -0.1) is 5.92 Å². The average Bonchev–Trinajstić information content (AvgIpc) is 2.53. The molecule has 0 heterocycles. The summed E-state index contributed by atoms with van der Waals surface area (Å²) < 4.78 is 41.8. The molecule has 0 saturated heterocycles. The molecule has 0 aromatic heterocycles. The lowest BCUT2D eigenvalue weighted by Gasteiger charge is -2.20. The summed E-state index contributed by atoms with van der Waals surface area (Å²) in [6, 6.07) is 5.50. The fourth-order valence-corrected chi connectivity index (χ4v) is 2.46. The molecule has 0 spiro atoms. The smallest absolute Gasteiger partial charge is 0.333 e. The molecule has 0 amide bonds. The number of benzene rings is 1. The second-order valence-electron chi connectivity index (χ2n) is 4.98. The first-order valence-electron chi connectivity index (χ1n) is 7.22. The van der Waals surface area contributed by atoms with Crippen LogP contribution < -0.4 is 14.6 Å². The number of ether oxygens (including phenoxy) is 3. The quantitative estimate of drug-likeness (QED) is 0.561. The lowest BCUT2D eigenvalue weighted by Crippen LogP contribution is -2.16. The molecule has 1 aromatic rings. The van der Waals surface area contributed by atoms with Crippen molar-refractivity contribution in [3.8, 4) is 23.3 Å². The van der Waals surface area contributed by atoms with E-state index < -0.39 is 10.3 Å². The minimum atomic E-state index is -3.92. The third kappa shape index (κ3) is 6.76. The van der Waals surface area contributed by atoms with Crippen LogP contribution in [0.4, 0.5) is 0 Å². The fraction of sp³-hybridized carbons (Fsp3) is 0.500. The number of hydrogen-bond acceptors (Lipinski definition) is 6. The molecule has 2 N–H and O–H groups in total. The largest absolute Gasteiger partial charge is 0.497 e. The monoisotopic (exact) mass is 357 g/mol. The van der Waals surface area contributed by atoms with Gasteiger partial charge in [0.2, 0.25) is 0 Å². The van der Waals surface area contributed by atoms with Gasteiger partial charge in [0.25, 0.3) is 0 Å². The maximum absolute atomic E-state index is 10.7. The van der Waals surface area contributed by atoms with Gasteiger partial charge >= 0.3 is 10.3 Å². The predicted molar refractivity (Wildman–Crippen MR) is 89.9 cm³/mol. The van der Waals surface area contributed by atoms with E-state index in [1.807, 2.05) is 19.1 Å². The van der Waals surface area contributed by atoms with Gasteiger partial charge in [-0.3, -0.25) is 4.18 Å². The Bertz CT molecular complexity index is 670. The number of nitrogens with two attached hydrogens (primary N) is 1. The first-order chi connectivity index (χ1) is 11.3. The molecule has 24 heavy (non-hydrogen) atoms. The summed E-state index contributed by atoms with van der Waals surface area (Å²) in [5, 5.41) is 4.74. The molecule has 0 aliphatic rings. The molecule has 0 aliphatic heterocycles. The second-order valence-corrected chi connectivity index (χ2v) is 6.20. The summed E-state index contributed by atoms with van der Waals surface area (Å²) in [7, 11) is 0.829. The molecule has 0 aliphatic carbocycles. The van der Waals surface area contributed by atoms with E-state index in [2.05, 4.69) is 16.0 Å². The van der Waals surface area contributed by atoms with E-state index in [0.717, 1.165) is 5.56 Å². The van der Waals surface area contributed by atoms with Gasteiger partial charge in [-0.1, -0.05) is 5.92 Å². The Labute approximate surface area is 143 Å². The Morgan fingerprint density at radius 2 is 1.71 bits per heavy atom. The van der Waals surface area contributed by atoms with Crippen LogP contribution in [0.2, 0.25) is 0 Å². The van der Waals surface area contributed by atoms with E-state index in [9.17, 15) is 8.42 Å². The van der Waals surface area contributed by atoms with E-state index in [1.165, 1.54) is 0 Å². The number of rotatable bonds is 8. The van der Waals surface area contributed by atoms with Gasteiger partial charge in [0, 0.05) is 25.5 Å². The van der Waals surface area contributed by atoms with Crippen molar-refractivity contribution in [2.45, 2.75) is 19.4 Å². The Balaban J connectivity index is 2.82. The number of methoxy groups -OCH3 is 3. The van der Waals surface area contributed by atoms with Crippen molar-refractivity contribution >= 4 is 10.3 Å². The molecular weight excluding hydrogens is 334 g/mol. The molecule has 1 rings (SSSR count). The summed E-state index contributed by atoms with van der Waals surface area (Å²) >= 11 is 0. The minimum Gasteiger partial charge on any atom is -0.497 e. The maximum atomic E-state index is 10.7. The molecule has 0 unspecified atom stereocenters. The topological polar surface area (TPSA) is 97.1 Å². The van der Waals surface area contributed by atoms with Crippen molar-refractivity contribution in [1.29, 1.82) is 0 Å². The highest BCUT2D eigenvalue weighted by molar-refractivity contribution is 7.84. The Kier molecular flexibility index (Phi) is 8.01. The van der Waals surface area contributed by atoms with Crippen LogP contribution in [-0.4, -0.2) is 36.4 Å². The average molecular weight is 357 g/mol. The van der Waals surface area contributed by atoms with Crippen molar-refractivity contribution in [3.63, 3.8) is 0 Å². The van der Waals surface area contributed by atoms with Crippen molar-refractivity contribution in [3.05, 3.63) is 23.8 Å². The first kappa shape index (κ1) is 20.3. The van der Waals surface area contributed by atoms with E-state index in [1.54, 1.807) is 27.4 Å². The van der Waals surface area contributed by atoms with Gasteiger partial charge in [-0.2, -0.15) is 8.42 Å². The third-order valence-electron chi connectivity index (χ3n) is 3.21. The predicted octanol–water partition coefficient (Wildman–Crippen LogP) is 1.64. The van der Waals surface area contributed by atoms with Gasteiger partial charge in [0.1, 0.15) is 11.5 Å². The van der Waals surface area contributed by atoms with E-state index in [-0.39, 0.29) is 25.0 Å². The minimum absolute atomic E-state index is 0.0802. The van der Waals surface area contributed by atoms with Gasteiger partial charge in [0.05, 0.1) is 26.9 Å². The van der Waals surface area contributed by atoms with E-state index in [0.29, 0.717) is 11.5 Å². The Morgan fingerprint density at radius 1 is 1.12 bits per heavy atom. The zero-order valence-corrected chi connectivity index (χ0v) is 15.1. The highest BCUT2D eigenvalue weighted by Gasteiger charge is 2.19. The van der Waals surface area contributed by atoms with Crippen molar-refractivity contribution in [2.75, 3.05) is 27.9 Å². The normalized spacial score (nSPS) is 13.5. The van der Waals surface area contributed by atoms with Crippen LogP contribution in [0.5, 0.6) is 11.5 Å². The SMILES string of the molecule is COc1cc(OC)cc([C@H](OC)[C@@H](C)C#CCCOS(N)(=O)=O)c1. The molecule has 0 saturated carbocycles. The second kappa shape index (κ2) is 9.49. The summed E-state index contributed by atoms with van der Waals surface area (Å²) in [5.41, 5.74) is 0.872. The van der Waals surface area contributed by atoms with Crippen molar-refractivity contribution in [2.24, 2.45) is 11.1 Å². The maximum Gasteiger partial charge on any atom is 0.333 e. The van der Waals surface area contributed by atoms with Gasteiger partial charge in [-0.25, -0.2) is 5.14 Å². The number of hydrogen-bond donors (Lipinski definition) is 1. The zero-order valence-electron chi connectivity index (χ0n) is 14.2. The van der Waals surface area contributed by atoms with Crippen LogP contribution >= 0.6 is 0 Å². The Hall–Kier alpha value is -1.79. The molecule has 134 valence electrons. The van der Waals surface area contributed by atoms with Crippen LogP contribution in [0, 0.1) is 17.8 Å². The van der Waals surface area contributed by atoms with E-state index >= 15 is 0 Å².